The van der Waals surface area contributed by atoms with E-state index in [0.717, 1.165) is 36.3 Å². The van der Waals surface area contributed by atoms with Crippen molar-refractivity contribution in [3.63, 3.8) is 0 Å². The molecular weight excluding hydrogens is 374 g/mol. The summed E-state index contributed by atoms with van der Waals surface area (Å²) in [6.45, 7) is 5.61. The van der Waals surface area contributed by atoms with Crippen molar-refractivity contribution < 1.29 is 28.6 Å². The number of benzene rings is 1. The molecule has 0 saturated heterocycles. The number of allylic oxidation sites excluding steroid dienone is 2. The quantitative estimate of drug-likeness (QED) is 0.470. The largest absolute Gasteiger partial charge is 0.493 e. The molecule has 156 valence electrons. The number of fused-ring (bicyclic) bond motifs is 5. The van der Waals surface area contributed by atoms with Crippen LogP contribution in [0.4, 0.5) is 0 Å². The van der Waals surface area contributed by atoms with Crippen LogP contribution in [0.1, 0.15) is 51.5 Å². The van der Waals surface area contributed by atoms with E-state index in [1.165, 1.54) is 13.8 Å². The fraction of sp³-hybridized carbons (Fsp3) is 0.545. The van der Waals surface area contributed by atoms with Crippen molar-refractivity contribution in [1.82, 2.24) is 5.48 Å². The standard InChI is InChI=1S/C22H27NO6/c1-12(24)28-20-10-18-15(9-19(20)26-4)14-7-8-22(3)17(16(14)11-27-18)5-6-21(22)23-29-13(2)25/h6,9-10,14,16-17,23H,5,7-8,11H2,1-4H3/t14-,16-,17+,22+/m1/s1. The van der Waals surface area contributed by atoms with E-state index in [1.54, 1.807) is 13.2 Å². The van der Waals surface area contributed by atoms with E-state index < -0.39 is 5.97 Å². The molecule has 0 radical (unpaired) electrons. The fourth-order valence-electron chi connectivity index (χ4n) is 5.31. The van der Waals surface area contributed by atoms with Crippen LogP contribution in [0.3, 0.4) is 0 Å². The summed E-state index contributed by atoms with van der Waals surface area (Å²) >= 11 is 0. The van der Waals surface area contributed by atoms with Gasteiger partial charge in [0, 0.05) is 36.8 Å². The molecular formula is C22H27NO6. The zero-order chi connectivity index (χ0) is 20.8. The van der Waals surface area contributed by atoms with Crippen molar-refractivity contribution in [3.8, 4) is 17.2 Å². The second kappa shape index (κ2) is 7.28. The highest BCUT2D eigenvalue weighted by Gasteiger charge is 2.53. The first-order chi connectivity index (χ1) is 13.8. The molecule has 0 spiro atoms. The molecule has 0 amide bonds. The van der Waals surface area contributed by atoms with Crippen LogP contribution in [-0.2, 0) is 14.4 Å². The van der Waals surface area contributed by atoms with Gasteiger partial charge in [-0.05, 0) is 37.2 Å². The van der Waals surface area contributed by atoms with Crippen molar-refractivity contribution >= 4 is 11.9 Å². The highest BCUT2D eigenvalue weighted by molar-refractivity contribution is 5.71. The average Bonchev–Trinajstić information content (AvgIpc) is 3.01. The molecule has 29 heavy (non-hydrogen) atoms. The van der Waals surface area contributed by atoms with Gasteiger partial charge in [-0.15, -0.1) is 0 Å². The summed E-state index contributed by atoms with van der Waals surface area (Å²) in [5, 5.41) is 0. The van der Waals surface area contributed by atoms with Crippen molar-refractivity contribution in [1.29, 1.82) is 0 Å². The third kappa shape index (κ3) is 3.32. The molecule has 1 N–H and O–H groups in total. The Labute approximate surface area is 170 Å². The number of hydrogen-bond acceptors (Lipinski definition) is 7. The first-order valence-electron chi connectivity index (χ1n) is 10.0. The maximum absolute atomic E-state index is 11.4. The van der Waals surface area contributed by atoms with E-state index in [-0.39, 0.29) is 11.4 Å². The van der Waals surface area contributed by atoms with E-state index in [2.05, 4.69) is 18.5 Å². The normalized spacial score (nSPS) is 29.4. The summed E-state index contributed by atoms with van der Waals surface area (Å²) in [7, 11) is 1.57. The van der Waals surface area contributed by atoms with E-state index in [1.807, 2.05) is 6.07 Å². The third-order valence-corrected chi connectivity index (χ3v) is 6.70. The highest BCUT2D eigenvalue weighted by atomic mass is 16.7. The van der Waals surface area contributed by atoms with Crippen molar-refractivity contribution in [3.05, 3.63) is 29.5 Å². The number of esters is 1. The molecule has 1 aliphatic heterocycles. The third-order valence-electron chi connectivity index (χ3n) is 6.70. The highest BCUT2D eigenvalue weighted by Crippen LogP contribution is 2.60. The predicted octanol–water partition coefficient (Wildman–Crippen LogP) is 3.48. The van der Waals surface area contributed by atoms with Crippen LogP contribution in [-0.4, -0.2) is 25.7 Å². The Morgan fingerprint density at radius 1 is 1.21 bits per heavy atom. The van der Waals surface area contributed by atoms with Crippen LogP contribution in [0.5, 0.6) is 17.2 Å². The van der Waals surface area contributed by atoms with E-state index >= 15 is 0 Å². The molecule has 3 aliphatic rings. The number of rotatable bonds is 4. The summed E-state index contributed by atoms with van der Waals surface area (Å²) in [6, 6.07) is 3.72. The molecule has 1 heterocycles. The minimum atomic E-state index is -0.393. The zero-order valence-corrected chi connectivity index (χ0v) is 17.2. The maximum atomic E-state index is 11.4. The van der Waals surface area contributed by atoms with Crippen molar-refractivity contribution in [2.45, 2.75) is 46.0 Å². The molecule has 4 rings (SSSR count). The number of ether oxygens (including phenoxy) is 3. The maximum Gasteiger partial charge on any atom is 0.329 e. The van der Waals surface area contributed by atoms with E-state index in [4.69, 9.17) is 19.0 Å². The minimum absolute atomic E-state index is 0.0702. The molecule has 0 bridgehead atoms. The fourth-order valence-corrected chi connectivity index (χ4v) is 5.31. The van der Waals surface area contributed by atoms with Crippen molar-refractivity contribution in [2.75, 3.05) is 13.7 Å². The van der Waals surface area contributed by atoms with Gasteiger partial charge < -0.3 is 19.0 Å². The summed E-state index contributed by atoms with van der Waals surface area (Å²) < 4.78 is 16.9. The molecule has 0 unspecified atom stereocenters. The molecule has 1 aromatic rings. The first kappa shape index (κ1) is 19.6. The number of carbonyl (C=O) groups is 2. The molecule has 1 saturated carbocycles. The number of hydrogen-bond donors (Lipinski definition) is 1. The van der Waals surface area contributed by atoms with E-state index in [0.29, 0.717) is 35.9 Å². The monoisotopic (exact) mass is 401 g/mol. The van der Waals surface area contributed by atoms with Crippen LogP contribution in [0, 0.1) is 17.3 Å². The van der Waals surface area contributed by atoms with E-state index in [9.17, 15) is 9.59 Å². The van der Waals surface area contributed by atoms with Gasteiger partial charge in [0.05, 0.1) is 19.4 Å². The summed E-state index contributed by atoms with van der Waals surface area (Å²) in [4.78, 5) is 27.7. The lowest BCUT2D eigenvalue weighted by molar-refractivity contribution is -0.147. The summed E-state index contributed by atoms with van der Waals surface area (Å²) in [6.07, 6.45) is 5.04. The van der Waals surface area contributed by atoms with Crippen LogP contribution in [0.2, 0.25) is 0 Å². The molecule has 7 heteroatoms. The van der Waals surface area contributed by atoms with Crippen LogP contribution >= 0.6 is 0 Å². The Kier molecular flexibility index (Phi) is 4.92. The van der Waals surface area contributed by atoms with Gasteiger partial charge in [-0.3, -0.25) is 9.59 Å². The topological polar surface area (TPSA) is 83.1 Å². The Balaban J connectivity index is 1.60. The van der Waals surface area contributed by atoms with Gasteiger partial charge in [0.25, 0.3) is 0 Å². The number of carbonyl (C=O) groups excluding carboxylic acids is 2. The van der Waals surface area contributed by atoms with Crippen LogP contribution < -0.4 is 19.7 Å². The second-order valence-corrected chi connectivity index (χ2v) is 8.33. The van der Waals surface area contributed by atoms with Gasteiger partial charge in [-0.25, -0.2) is 5.48 Å². The van der Waals surface area contributed by atoms with Gasteiger partial charge in [0.15, 0.2) is 11.5 Å². The van der Waals surface area contributed by atoms with Gasteiger partial charge >= 0.3 is 11.9 Å². The molecule has 1 fully saturated rings. The van der Waals surface area contributed by atoms with Crippen LogP contribution in [0.15, 0.2) is 23.9 Å². The molecule has 4 atom stereocenters. The summed E-state index contributed by atoms with van der Waals surface area (Å²) in [5.41, 5.74) is 4.91. The number of hydroxylamine groups is 1. The average molecular weight is 401 g/mol. The minimum Gasteiger partial charge on any atom is -0.493 e. The van der Waals surface area contributed by atoms with Gasteiger partial charge in [0.2, 0.25) is 0 Å². The lowest BCUT2D eigenvalue weighted by atomic mass is 9.58. The second-order valence-electron chi connectivity index (χ2n) is 8.33. The summed E-state index contributed by atoms with van der Waals surface area (Å²) in [5.74, 6) is 2.03. The molecule has 0 aromatic heterocycles. The van der Waals surface area contributed by atoms with Gasteiger partial charge in [-0.2, -0.15) is 0 Å². The Morgan fingerprint density at radius 3 is 2.69 bits per heavy atom. The number of nitrogens with one attached hydrogen (secondary N) is 1. The zero-order valence-electron chi connectivity index (χ0n) is 17.2. The molecule has 7 nitrogen and oxygen atoms in total. The molecule has 1 aromatic carbocycles. The smallest absolute Gasteiger partial charge is 0.329 e. The first-order valence-corrected chi connectivity index (χ1v) is 10.0. The molecule has 2 aliphatic carbocycles. The lowest BCUT2D eigenvalue weighted by Crippen LogP contribution is -2.45. The lowest BCUT2D eigenvalue weighted by Gasteiger charge is -2.49. The predicted molar refractivity (Wildman–Crippen MR) is 104 cm³/mol. The number of methoxy groups -OCH3 is 1. The SMILES string of the molecule is COc1cc2c(cc1OC(C)=O)OC[C@@H]1[C@@H]2CC[C@]2(C)C(NOC(C)=O)=CC[C@@H]12. The van der Waals surface area contributed by atoms with Gasteiger partial charge in [-0.1, -0.05) is 13.0 Å². The van der Waals surface area contributed by atoms with Crippen LogP contribution in [0.25, 0.3) is 0 Å². The van der Waals surface area contributed by atoms with Crippen molar-refractivity contribution in [2.24, 2.45) is 17.3 Å². The Hall–Kier alpha value is -2.70. The Bertz CT molecular complexity index is 878. The van der Waals surface area contributed by atoms with Gasteiger partial charge in [0.1, 0.15) is 5.75 Å². The Morgan fingerprint density at radius 2 is 2.00 bits per heavy atom.